The molecular formula is C9H19ClN2O2. The standard InChI is InChI=1S/C9H18N2O2.ClH/c1-5-9(13)10-6-8(12)7-11(2,3)4;/h5,8,12H,1,6-7H2,2-4H3;1H. The Balaban J connectivity index is 0. The van der Waals surface area contributed by atoms with Gasteiger partial charge in [0.2, 0.25) is 5.91 Å². The van der Waals surface area contributed by atoms with Crippen LogP contribution in [0.15, 0.2) is 12.7 Å². The maximum atomic E-state index is 10.7. The van der Waals surface area contributed by atoms with Gasteiger partial charge in [0, 0.05) is 6.54 Å². The topological polar surface area (TPSA) is 49.3 Å². The highest BCUT2D eigenvalue weighted by Gasteiger charge is 2.15. The molecule has 0 radical (unpaired) electrons. The second-order valence-electron chi connectivity index (χ2n) is 4.08. The Kier molecular flexibility index (Phi) is 7.72. The van der Waals surface area contributed by atoms with Gasteiger partial charge < -0.3 is 27.3 Å². The second kappa shape index (κ2) is 6.81. The van der Waals surface area contributed by atoms with Gasteiger partial charge in [-0.25, -0.2) is 0 Å². The van der Waals surface area contributed by atoms with Gasteiger partial charge in [0.05, 0.1) is 21.1 Å². The third kappa shape index (κ3) is 9.51. The SMILES string of the molecule is C=CC(=O)NCC(O)C[N+](C)(C)C.[Cl-]. The summed E-state index contributed by atoms with van der Waals surface area (Å²) in [4.78, 5) is 10.7. The summed E-state index contributed by atoms with van der Waals surface area (Å²) in [7, 11) is 5.95. The number of nitrogens with zero attached hydrogens (tertiary/aromatic N) is 1. The summed E-state index contributed by atoms with van der Waals surface area (Å²) in [6, 6.07) is 0. The van der Waals surface area contributed by atoms with E-state index in [1.807, 2.05) is 21.1 Å². The Labute approximate surface area is 91.6 Å². The molecule has 0 aliphatic heterocycles. The summed E-state index contributed by atoms with van der Waals surface area (Å²) in [5, 5.41) is 12.0. The van der Waals surface area contributed by atoms with E-state index in [1.54, 1.807) is 0 Å². The van der Waals surface area contributed by atoms with Crippen molar-refractivity contribution in [2.75, 3.05) is 34.2 Å². The molecule has 1 atom stereocenters. The van der Waals surface area contributed by atoms with Crippen LogP contribution in [0.1, 0.15) is 0 Å². The van der Waals surface area contributed by atoms with E-state index in [1.165, 1.54) is 6.08 Å². The summed E-state index contributed by atoms with van der Waals surface area (Å²) in [5.41, 5.74) is 0. The van der Waals surface area contributed by atoms with Crippen molar-refractivity contribution in [1.29, 1.82) is 0 Å². The van der Waals surface area contributed by atoms with Gasteiger partial charge in [-0.2, -0.15) is 0 Å². The number of aliphatic hydroxyl groups excluding tert-OH is 1. The van der Waals surface area contributed by atoms with Crippen LogP contribution in [0.5, 0.6) is 0 Å². The zero-order valence-corrected chi connectivity index (χ0v) is 9.71. The van der Waals surface area contributed by atoms with Gasteiger partial charge in [0.1, 0.15) is 12.6 Å². The monoisotopic (exact) mass is 222 g/mol. The largest absolute Gasteiger partial charge is 1.00 e. The van der Waals surface area contributed by atoms with Gasteiger partial charge in [0.15, 0.2) is 0 Å². The Morgan fingerprint density at radius 3 is 2.43 bits per heavy atom. The number of halogens is 1. The molecule has 0 rings (SSSR count). The Morgan fingerprint density at radius 1 is 1.57 bits per heavy atom. The van der Waals surface area contributed by atoms with E-state index in [2.05, 4.69) is 11.9 Å². The van der Waals surface area contributed by atoms with Crippen molar-refractivity contribution >= 4 is 5.91 Å². The molecule has 0 aliphatic rings. The van der Waals surface area contributed by atoms with Crippen LogP contribution >= 0.6 is 0 Å². The number of nitrogens with one attached hydrogen (secondary N) is 1. The molecule has 1 unspecified atom stereocenters. The molecule has 0 aliphatic carbocycles. The first-order valence-electron chi connectivity index (χ1n) is 4.24. The van der Waals surface area contributed by atoms with Crippen LogP contribution in [0.25, 0.3) is 0 Å². The number of likely N-dealkylation sites (N-methyl/N-ethyl adjacent to an activating group) is 1. The van der Waals surface area contributed by atoms with E-state index in [4.69, 9.17) is 0 Å². The number of rotatable bonds is 5. The van der Waals surface area contributed by atoms with Crippen LogP contribution in [0.2, 0.25) is 0 Å². The Hall–Kier alpha value is -0.580. The zero-order chi connectivity index (χ0) is 10.5. The quantitative estimate of drug-likeness (QED) is 0.373. The lowest BCUT2D eigenvalue weighted by atomic mass is 10.3. The van der Waals surface area contributed by atoms with Crippen LogP contribution < -0.4 is 17.7 Å². The number of carbonyl (C=O) groups is 1. The first-order valence-corrected chi connectivity index (χ1v) is 4.24. The molecule has 0 heterocycles. The molecule has 0 aromatic heterocycles. The van der Waals surface area contributed by atoms with Gasteiger partial charge in [-0.05, 0) is 6.08 Å². The second-order valence-corrected chi connectivity index (χ2v) is 4.08. The van der Waals surface area contributed by atoms with Gasteiger partial charge in [-0.1, -0.05) is 6.58 Å². The van der Waals surface area contributed by atoms with Crippen LogP contribution in [0, 0.1) is 0 Å². The number of carbonyl (C=O) groups excluding carboxylic acids is 1. The number of quaternary nitrogens is 1. The fourth-order valence-corrected chi connectivity index (χ4v) is 0.987. The van der Waals surface area contributed by atoms with E-state index in [0.717, 1.165) is 0 Å². The van der Waals surface area contributed by atoms with Crippen LogP contribution in [0.3, 0.4) is 0 Å². The third-order valence-electron chi connectivity index (χ3n) is 1.46. The minimum Gasteiger partial charge on any atom is -1.00 e. The maximum absolute atomic E-state index is 10.7. The first-order chi connectivity index (χ1) is 5.85. The molecule has 0 aromatic carbocycles. The maximum Gasteiger partial charge on any atom is 0.243 e. The van der Waals surface area contributed by atoms with Crippen molar-refractivity contribution in [2.45, 2.75) is 6.10 Å². The van der Waals surface area contributed by atoms with Crippen LogP contribution in [-0.2, 0) is 4.79 Å². The molecular weight excluding hydrogens is 204 g/mol. The number of hydrogen-bond donors (Lipinski definition) is 2. The molecule has 0 saturated heterocycles. The molecule has 1 amide bonds. The van der Waals surface area contributed by atoms with Crippen molar-refractivity contribution in [3.05, 3.63) is 12.7 Å². The van der Waals surface area contributed by atoms with Crippen molar-refractivity contribution in [3.63, 3.8) is 0 Å². The van der Waals surface area contributed by atoms with Crippen molar-refractivity contribution in [2.24, 2.45) is 0 Å². The van der Waals surface area contributed by atoms with E-state index in [-0.39, 0.29) is 24.9 Å². The lowest BCUT2D eigenvalue weighted by Gasteiger charge is -2.26. The highest BCUT2D eigenvalue weighted by atomic mass is 35.5. The summed E-state index contributed by atoms with van der Waals surface area (Å²) in [6.45, 7) is 4.20. The van der Waals surface area contributed by atoms with E-state index >= 15 is 0 Å². The molecule has 0 aromatic rings. The highest BCUT2D eigenvalue weighted by molar-refractivity contribution is 5.86. The fraction of sp³-hybridized carbons (Fsp3) is 0.667. The van der Waals surface area contributed by atoms with Gasteiger partial charge in [-0.15, -0.1) is 0 Å². The number of hydrogen-bond acceptors (Lipinski definition) is 2. The predicted octanol–water partition coefficient (Wildman–Crippen LogP) is -3.64. The van der Waals surface area contributed by atoms with Gasteiger partial charge in [0.25, 0.3) is 0 Å². The fourth-order valence-electron chi connectivity index (χ4n) is 0.987. The average Bonchev–Trinajstić information content (AvgIpc) is 1.97. The minimum absolute atomic E-state index is 0. The van der Waals surface area contributed by atoms with Gasteiger partial charge >= 0.3 is 0 Å². The number of aliphatic hydroxyl groups is 1. The minimum atomic E-state index is -0.510. The average molecular weight is 223 g/mol. The molecule has 14 heavy (non-hydrogen) atoms. The third-order valence-corrected chi connectivity index (χ3v) is 1.46. The van der Waals surface area contributed by atoms with Crippen molar-refractivity contribution < 1.29 is 26.8 Å². The van der Waals surface area contributed by atoms with Crippen molar-refractivity contribution in [1.82, 2.24) is 5.32 Å². The molecule has 0 spiro atoms. The summed E-state index contributed by atoms with van der Waals surface area (Å²) in [5.74, 6) is -0.250. The summed E-state index contributed by atoms with van der Waals surface area (Å²) in [6.07, 6.45) is 0.683. The highest BCUT2D eigenvalue weighted by Crippen LogP contribution is 1.93. The molecule has 84 valence electrons. The molecule has 2 N–H and O–H groups in total. The number of amides is 1. The van der Waals surface area contributed by atoms with E-state index < -0.39 is 6.10 Å². The molecule has 0 fully saturated rings. The first kappa shape index (κ1) is 15.9. The molecule has 0 bridgehead atoms. The van der Waals surface area contributed by atoms with Crippen LogP contribution in [-0.4, -0.2) is 55.8 Å². The van der Waals surface area contributed by atoms with Gasteiger partial charge in [-0.3, -0.25) is 4.79 Å². The predicted molar refractivity (Wildman–Crippen MR) is 52.1 cm³/mol. The molecule has 5 heteroatoms. The van der Waals surface area contributed by atoms with E-state index in [9.17, 15) is 9.90 Å². The summed E-state index contributed by atoms with van der Waals surface area (Å²) < 4.78 is 0.672. The molecule has 0 saturated carbocycles. The Bertz CT molecular complexity index is 190. The Morgan fingerprint density at radius 2 is 2.07 bits per heavy atom. The lowest BCUT2D eigenvalue weighted by molar-refractivity contribution is -0.873. The normalized spacial score (nSPS) is 12.6. The lowest BCUT2D eigenvalue weighted by Crippen LogP contribution is -3.00. The van der Waals surface area contributed by atoms with Crippen molar-refractivity contribution in [3.8, 4) is 0 Å². The van der Waals surface area contributed by atoms with Crippen LogP contribution in [0.4, 0.5) is 0 Å². The molecule has 4 nitrogen and oxygen atoms in total. The summed E-state index contributed by atoms with van der Waals surface area (Å²) >= 11 is 0. The smallest absolute Gasteiger partial charge is 0.243 e. The zero-order valence-electron chi connectivity index (χ0n) is 8.96. The van der Waals surface area contributed by atoms with E-state index in [0.29, 0.717) is 11.0 Å².